The molecule has 0 spiro atoms. The number of aromatic nitrogens is 1. The summed E-state index contributed by atoms with van der Waals surface area (Å²) in [7, 11) is 0. The molecule has 0 aliphatic carbocycles. The van der Waals surface area contributed by atoms with Crippen molar-refractivity contribution in [1.29, 1.82) is 0 Å². The highest BCUT2D eigenvalue weighted by Gasteiger charge is 2.03. The molecule has 0 atom stereocenters. The minimum atomic E-state index is 0.0653. The molecule has 0 radical (unpaired) electrons. The van der Waals surface area contributed by atoms with Crippen LogP contribution in [0.1, 0.15) is 26.7 Å². The molecule has 100 valence electrons. The van der Waals surface area contributed by atoms with Crippen LogP contribution in [0.15, 0.2) is 23.2 Å². The van der Waals surface area contributed by atoms with Crippen LogP contribution in [-0.4, -0.2) is 29.7 Å². The van der Waals surface area contributed by atoms with Gasteiger partial charge < -0.3 is 10.6 Å². The third-order valence-electron chi connectivity index (χ3n) is 2.20. The van der Waals surface area contributed by atoms with Crippen molar-refractivity contribution >= 4 is 23.5 Å². The van der Waals surface area contributed by atoms with Crippen LogP contribution in [0, 0.1) is 0 Å². The first-order valence-corrected chi connectivity index (χ1v) is 7.35. The highest BCUT2D eigenvalue weighted by Crippen LogP contribution is 2.17. The SMILES string of the molecule is CCCNC(=O)CSc1cccc(NCCC)n1. The summed E-state index contributed by atoms with van der Waals surface area (Å²) in [6.07, 6.45) is 2.03. The lowest BCUT2D eigenvalue weighted by molar-refractivity contribution is -0.118. The topological polar surface area (TPSA) is 54.0 Å². The van der Waals surface area contributed by atoms with Crippen LogP contribution >= 0.6 is 11.8 Å². The van der Waals surface area contributed by atoms with Crippen molar-refractivity contribution in [3.63, 3.8) is 0 Å². The van der Waals surface area contributed by atoms with E-state index in [4.69, 9.17) is 0 Å². The van der Waals surface area contributed by atoms with Gasteiger partial charge in [-0.1, -0.05) is 31.7 Å². The fourth-order valence-electron chi connectivity index (χ4n) is 1.30. The van der Waals surface area contributed by atoms with Crippen molar-refractivity contribution in [3.8, 4) is 0 Å². The number of nitrogens with zero attached hydrogens (tertiary/aromatic N) is 1. The lowest BCUT2D eigenvalue weighted by Crippen LogP contribution is -2.25. The average molecular weight is 267 g/mol. The van der Waals surface area contributed by atoms with Gasteiger partial charge in [-0.2, -0.15) is 0 Å². The summed E-state index contributed by atoms with van der Waals surface area (Å²) in [5.41, 5.74) is 0. The van der Waals surface area contributed by atoms with Gasteiger partial charge in [0.15, 0.2) is 0 Å². The van der Waals surface area contributed by atoms with Gasteiger partial charge in [-0.05, 0) is 25.0 Å². The number of nitrogens with one attached hydrogen (secondary N) is 2. The number of hydrogen-bond acceptors (Lipinski definition) is 4. The predicted octanol–water partition coefficient (Wildman–Crippen LogP) is 2.52. The number of carbonyl (C=O) groups excluding carboxylic acids is 1. The van der Waals surface area contributed by atoms with Gasteiger partial charge in [0.25, 0.3) is 0 Å². The quantitative estimate of drug-likeness (QED) is 0.711. The third-order valence-corrected chi connectivity index (χ3v) is 3.13. The van der Waals surface area contributed by atoms with Crippen LogP contribution in [0.4, 0.5) is 5.82 Å². The lowest BCUT2D eigenvalue weighted by atomic mass is 10.4. The second-order valence-corrected chi connectivity index (χ2v) is 4.92. The minimum Gasteiger partial charge on any atom is -0.370 e. The summed E-state index contributed by atoms with van der Waals surface area (Å²) < 4.78 is 0. The molecule has 0 fully saturated rings. The normalized spacial score (nSPS) is 10.1. The molecule has 4 nitrogen and oxygen atoms in total. The fourth-order valence-corrected chi connectivity index (χ4v) is 2.02. The van der Waals surface area contributed by atoms with Gasteiger partial charge in [-0.15, -0.1) is 0 Å². The molecule has 1 rings (SSSR count). The van der Waals surface area contributed by atoms with Crippen molar-refractivity contribution in [2.45, 2.75) is 31.7 Å². The van der Waals surface area contributed by atoms with Gasteiger partial charge in [0.05, 0.1) is 10.8 Å². The van der Waals surface area contributed by atoms with Gasteiger partial charge >= 0.3 is 0 Å². The van der Waals surface area contributed by atoms with Crippen molar-refractivity contribution in [2.24, 2.45) is 0 Å². The molecule has 0 saturated heterocycles. The van der Waals surface area contributed by atoms with Gasteiger partial charge in [0, 0.05) is 13.1 Å². The Morgan fingerprint density at radius 3 is 2.78 bits per heavy atom. The van der Waals surface area contributed by atoms with Gasteiger partial charge in [0.1, 0.15) is 5.82 Å². The maximum absolute atomic E-state index is 11.5. The number of pyridine rings is 1. The van der Waals surface area contributed by atoms with Crippen molar-refractivity contribution in [2.75, 3.05) is 24.2 Å². The molecule has 5 heteroatoms. The first-order chi connectivity index (χ1) is 8.76. The van der Waals surface area contributed by atoms with E-state index >= 15 is 0 Å². The Kier molecular flexibility index (Phi) is 7.25. The molecule has 1 aromatic heterocycles. The maximum Gasteiger partial charge on any atom is 0.230 e. The lowest BCUT2D eigenvalue weighted by Gasteiger charge is -2.06. The number of amides is 1. The first-order valence-electron chi connectivity index (χ1n) is 6.36. The summed E-state index contributed by atoms with van der Waals surface area (Å²) in [4.78, 5) is 15.9. The van der Waals surface area contributed by atoms with E-state index in [0.29, 0.717) is 5.75 Å². The van der Waals surface area contributed by atoms with Crippen molar-refractivity contribution in [3.05, 3.63) is 18.2 Å². The van der Waals surface area contributed by atoms with Crippen LogP contribution in [0.25, 0.3) is 0 Å². The smallest absolute Gasteiger partial charge is 0.230 e. The standard InChI is InChI=1S/C13H21N3OS/c1-3-8-14-11-6-5-7-13(16-11)18-10-12(17)15-9-4-2/h5-7H,3-4,8-10H2,1-2H3,(H,14,16)(H,15,17). The zero-order valence-corrected chi connectivity index (χ0v) is 11.8. The molecule has 0 aliphatic rings. The number of hydrogen-bond donors (Lipinski definition) is 2. The van der Waals surface area contributed by atoms with E-state index in [0.717, 1.165) is 36.8 Å². The van der Waals surface area contributed by atoms with Crippen LogP contribution in [0.5, 0.6) is 0 Å². The molecule has 1 amide bonds. The summed E-state index contributed by atoms with van der Waals surface area (Å²) >= 11 is 1.46. The maximum atomic E-state index is 11.5. The molecule has 0 bridgehead atoms. The van der Waals surface area contributed by atoms with E-state index in [1.807, 2.05) is 25.1 Å². The first kappa shape index (κ1) is 14.8. The Bertz CT molecular complexity index is 371. The molecular formula is C13H21N3OS. The van der Waals surface area contributed by atoms with E-state index in [-0.39, 0.29) is 5.91 Å². The molecule has 0 saturated carbocycles. The Morgan fingerprint density at radius 1 is 1.28 bits per heavy atom. The van der Waals surface area contributed by atoms with E-state index in [1.54, 1.807) is 0 Å². The fraction of sp³-hybridized carbons (Fsp3) is 0.538. The summed E-state index contributed by atoms with van der Waals surface area (Å²) in [6.45, 7) is 5.81. The molecule has 2 N–H and O–H groups in total. The highest BCUT2D eigenvalue weighted by atomic mass is 32.2. The molecule has 0 aromatic carbocycles. The summed E-state index contributed by atoms with van der Waals surface area (Å²) in [5, 5.41) is 6.96. The van der Waals surface area contributed by atoms with E-state index < -0.39 is 0 Å². The molecule has 0 unspecified atom stereocenters. The molecule has 1 aromatic rings. The number of carbonyl (C=O) groups is 1. The number of anilines is 1. The Labute approximate surface area is 113 Å². The average Bonchev–Trinajstić information content (AvgIpc) is 2.41. The summed E-state index contributed by atoms with van der Waals surface area (Å²) in [6, 6.07) is 5.82. The molecule has 0 aliphatic heterocycles. The Morgan fingerprint density at radius 2 is 2.06 bits per heavy atom. The Balaban J connectivity index is 2.39. The molecular weight excluding hydrogens is 246 g/mol. The van der Waals surface area contributed by atoms with Crippen LogP contribution in [0.3, 0.4) is 0 Å². The minimum absolute atomic E-state index is 0.0653. The second kappa shape index (κ2) is 8.80. The largest absolute Gasteiger partial charge is 0.370 e. The van der Waals surface area contributed by atoms with E-state index in [9.17, 15) is 4.79 Å². The zero-order chi connectivity index (χ0) is 13.2. The highest BCUT2D eigenvalue weighted by molar-refractivity contribution is 7.99. The van der Waals surface area contributed by atoms with Gasteiger partial charge in [-0.25, -0.2) is 4.98 Å². The summed E-state index contributed by atoms with van der Waals surface area (Å²) in [5.74, 6) is 1.36. The monoisotopic (exact) mass is 267 g/mol. The van der Waals surface area contributed by atoms with Crippen molar-refractivity contribution in [1.82, 2.24) is 10.3 Å². The van der Waals surface area contributed by atoms with Gasteiger partial charge in [-0.3, -0.25) is 4.79 Å². The van der Waals surface area contributed by atoms with Crippen LogP contribution in [0.2, 0.25) is 0 Å². The van der Waals surface area contributed by atoms with E-state index in [2.05, 4.69) is 22.5 Å². The van der Waals surface area contributed by atoms with Gasteiger partial charge in [0.2, 0.25) is 5.91 Å². The zero-order valence-electron chi connectivity index (χ0n) is 11.0. The van der Waals surface area contributed by atoms with Crippen LogP contribution < -0.4 is 10.6 Å². The third kappa shape index (κ3) is 5.91. The molecule has 18 heavy (non-hydrogen) atoms. The van der Waals surface area contributed by atoms with E-state index in [1.165, 1.54) is 11.8 Å². The Hall–Kier alpha value is -1.23. The van der Waals surface area contributed by atoms with Crippen LogP contribution in [-0.2, 0) is 4.79 Å². The molecule has 1 heterocycles. The predicted molar refractivity (Wildman–Crippen MR) is 77.0 cm³/mol. The second-order valence-electron chi connectivity index (χ2n) is 3.93. The van der Waals surface area contributed by atoms with Crippen molar-refractivity contribution < 1.29 is 4.79 Å². The number of thioether (sulfide) groups is 1. The number of rotatable bonds is 8.